The smallest absolute Gasteiger partial charge is 0.142 e. The Morgan fingerprint density at radius 2 is 2.19 bits per heavy atom. The fourth-order valence-corrected chi connectivity index (χ4v) is 2.69. The van der Waals surface area contributed by atoms with Gasteiger partial charge in [-0.05, 0) is 28.5 Å². The van der Waals surface area contributed by atoms with Crippen LogP contribution < -0.4 is 4.74 Å². The van der Waals surface area contributed by atoms with Gasteiger partial charge in [0.2, 0.25) is 0 Å². The van der Waals surface area contributed by atoms with Gasteiger partial charge in [-0.3, -0.25) is 0 Å². The summed E-state index contributed by atoms with van der Waals surface area (Å²) in [4.78, 5) is 0. The van der Waals surface area contributed by atoms with Crippen molar-refractivity contribution in [3.63, 3.8) is 0 Å². The minimum absolute atomic E-state index is 0.563. The molecule has 0 fully saturated rings. The number of thiophene rings is 1. The number of alkyl halides is 1. The zero-order valence-corrected chi connectivity index (χ0v) is 11.6. The average Bonchev–Trinajstić information content (AvgIpc) is 2.80. The van der Waals surface area contributed by atoms with Crippen molar-refractivity contribution in [2.24, 2.45) is 0 Å². The van der Waals surface area contributed by atoms with Crippen LogP contribution in [-0.4, -0.2) is 0 Å². The molecule has 1 aromatic carbocycles. The van der Waals surface area contributed by atoms with Gasteiger partial charge in [0, 0.05) is 10.9 Å². The first-order valence-corrected chi connectivity index (χ1v) is 7.22. The number of ether oxygens (including phenoxy) is 1. The van der Waals surface area contributed by atoms with Gasteiger partial charge in [0.1, 0.15) is 12.4 Å². The average molecular weight is 318 g/mol. The molecule has 0 atom stereocenters. The Morgan fingerprint density at radius 1 is 1.31 bits per heavy atom. The fraction of sp³-hybridized carbons (Fsp3) is 0.167. The molecule has 1 nitrogen and oxygen atoms in total. The predicted octanol–water partition coefficient (Wildman–Crippen LogP) is 4.88. The van der Waals surface area contributed by atoms with E-state index in [1.54, 1.807) is 11.3 Å². The highest BCUT2D eigenvalue weighted by Gasteiger charge is 2.07. The maximum atomic E-state index is 6.11. The van der Waals surface area contributed by atoms with Gasteiger partial charge in [-0.15, -0.1) is 0 Å². The van der Waals surface area contributed by atoms with E-state index in [0.29, 0.717) is 11.6 Å². The van der Waals surface area contributed by atoms with Crippen molar-refractivity contribution in [3.8, 4) is 5.75 Å². The lowest BCUT2D eigenvalue weighted by molar-refractivity contribution is 0.304. The molecule has 1 aromatic heterocycles. The Labute approximate surface area is 112 Å². The molecule has 2 rings (SSSR count). The van der Waals surface area contributed by atoms with Crippen molar-refractivity contribution in [1.29, 1.82) is 0 Å². The molecule has 0 aliphatic rings. The molecule has 16 heavy (non-hydrogen) atoms. The van der Waals surface area contributed by atoms with Gasteiger partial charge in [0.15, 0.2) is 0 Å². The van der Waals surface area contributed by atoms with Gasteiger partial charge in [-0.2, -0.15) is 11.3 Å². The molecule has 2 aromatic rings. The lowest BCUT2D eigenvalue weighted by Gasteiger charge is -2.10. The summed E-state index contributed by atoms with van der Waals surface area (Å²) in [6, 6.07) is 7.83. The Bertz CT molecular complexity index is 456. The van der Waals surface area contributed by atoms with E-state index in [4.69, 9.17) is 16.3 Å². The molecule has 4 heteroatoms. The van der Waals surface area contributed by atoms with E-state index in [9.17, 15) is 0 Å². The van der Waals surface area contributed by atoms with Crippen molar-refractivity contribution >= 4 is 38.9 Å². The van der Waals surface area contributed by atoms with Crippen molar-refractivity contribution in [2.45, 2.75) is 11.9 Å². The number of benzene rings is 1. The van der Waals surface area contributed by atoms with Crippen LogP contribution in [0.1, 0.15) is 11.1 Å². The largest absolute Gasteiger partial charge is 0.487 e. The zero-order valence-electron chi connectivity index (χ0n) is 8.45. The minimum atomic E-state index is 0.563. The lowest BCUT2D eigenvalue weighted by Crippen LogP contribution is -1.97. The monoisotopic (exact) mass is 316 g/mol. The van der Waals surface area contributed by atoms with Gasteiger partial charge in [-0.1, -0.05) is 39.7 Å². The van der Waals surface area contributed by atoms with Crippen molar-refractivity contribution < 1.29 is 4.74 Å². The van der Waals surface area contributed by atoms with Gasteiger partial charge in [0.25, 0.3) is 0 Å². The first-order valence-electron chi connectivity index (χ1n) is 4.78. The Balaban J connectivity index is 2.14. The zero-order chi connectivity index (χ0) is 11.4. The summed E-state index contributed by atoms with van der Waals surface area (Å²) >= 11 is 11.2. The molecule has 0 saturated heterocycles. The Hall–Kier alpha value is -0.510. The number of hydrogen-bond acceptors (Lipinski definition) is 2. The standard InChI is InChI=1S/C12H10BrClOS/c13-6-10-2-1-3-11(14)12(10)15-7-9-4-5-16-8-9/h1-5,8H,6-7H2. The number of rotatable bonds is 4. The van der Waals surface area contributed by atoms with E-state index < -0.39 is 0 Å². The second kappa shape index (κ2) is 5.71. The highest BCUT2D eigenvalue weighted by atomic mass is 79.9. The van der Waals surface area contributed by atoms with Crippen LogP contribution in [0.25, 0.3) is 0 Å². The van der Waals surface area contributed by atoms with Gasteiger partial charge in [0.05, 0.1) is 5.02 Å². The second-order valence-electron chi connectivity index (χ2n) is 3.28. The molecule has 0 spiro atoms. The maximum Gasteiger partial charge on any atom is 0.142 e. The molecular formula is C12H10BrClOS. The summed E-state index contributed by atoms with van der Waals surface area (Å²) in [6.45, 7) is 0.563. The summed E-state index contributed by atoms with van der Waals surface area (Å²) in [5.41, 5.74) is 2.24. The number of para-hydroxylation sites is 1. The molecule has 0 amide bonds. The molecule has 0 aliphatic carbocycles. The van der Waals surface area contributed by atoms with Gasteiger partial charge >= 0.3 is 0 Å². The highest BCUT2D eigenvalue weighted by Crippen LogP contribution is 2.30. The van der Waals surface area contributed by atoms with E-state index >= 15 is 0 Å². The summed E-state index contributed by atoms with van der Waals surface area (Å²) in [5.74, 6) is 0.771. The fourth-order valence-electron chi connectivity index (χ4n) is 1.35. The van der Waals surface area contributed by atoms with Crippen LogP contribution in [0.4, 0.5) is 0 Å². The third-order valence-corrected chi connectivity index (χ3v) is 3.79. The van der Waals surface area contributed by atoms with E-state index in [0.717, 1.165) is 16.6 Å². The van der Waals surface area contributed by atoms with Crippen LogP contribution in [0.5, 0.6) is 5.75 Å². The molecular weight excluding hydrogens is 308 g/mol. The second-order valence-corrected chi connectivity index (χ2v) is 5.03. The van der Waals surface area contributed by atoms with Crippen molar-refractivity contribution in [1.82, 2.24) is 0 Å². The van der Waals surface area contributed by atoms with E-state index in [1.165, 1.54) is 5.56 Å². The first-order chi connectivity index (χ1) is 7.81. The molecule has 0 saturated carbocycles. The molecule has 84 valence electrons. The Kier molecular flexibility index (Phi) is 4.27. The molecule has 0 aliphatic heterocycles. The highest BCUT2D eigenvalue weighted by molar-refractivity contribution is 9.08. The molecule has 0 N–H and O–H groups in total. The molecule has 0 radical (unpaired) electrons. The summed E-state index contributed by atoms with van der Waals surface area (Å²) in [5, 5.41) is 5.51. The topological polar surface area (TPSA) is 9.23 Å². The van der Waals surface area contributed by atoms with Crippen molar-refractivity contribution in [2.75, 3.05) is 0 Å². The quantitative estimate of drug-likeness (QED) is 0.731. The maximum absolute atomic E-state index is 6.11. The normalized spacial score (nSPS) is 10.4. The van der Waals surface area contributed by atoms with Crippen LogP contribution in [0.2, 0.25) is 5.02 Å². The molecule has 1 heterocycles. The summed E-state index contributed by atoms with van der Waals surface area (Å²) in [7, 11) is 0. The third-order valence-electron chi connectivity index (χ3n) is 2.16. The molecule has 0 unspecified atom stereocenters. The van der Waals surface area contributed by atoms with E-state index in [-0.39, 0.29) is 0 Å². The first kappa shape index (κ1) is 12.0. The SMILES string of the molecule is Clc1cccc(CBr)c1OCc1ccsc1. The Morgan fingerprint density at radius 3 is 2.88 bits per heavy atom. The minimum Gasteiger partial charge on any atom is -0.487 e. The van der Waals surface area contributed by atoms with E-state index in [2.05, 4.69) is 27.4 Å². The van der Waals surface area contributed by atoms with Crippen LogP contribution >= 0.6 is 38.9 Å². The third kappa shape index (κ3) is 2.78. The van der Waals surface area contributed by atoms with Crippen LogP contribution in [-0.2, 0) is 11.9 Å². The lowest BCUT2D eigenvalue weighted by atomic mass is 10.2. The van der Waals surface area contributed by atoms with Crippen LogP contribution in [0, 0.1) is 0 Å². The number of halogens is 2. The number of hydrogen-bond donors (Lipinski definition) is 0. The van der Waals surface area contributed by atoms with Crippen molar-refractivity contribution in [3.05, 3.63) is 51.2 Å². The summed E-state index contributed by atoms with van der Waals surface area (Å²) < 4.78 is 5.75. The van der Waals surface area contributed by atoms with Crippen LogP contribution in [0.15, 0.2) is 35.0 Å². The predicted molar refractivity (Wildman–Crippen MR) is 72.7 cm³/mol. The van der Waals surface area contributed by atoms with Gasteiger partial charge in [-0.25, -0.2) is 0 Å². The van der Waals surface area contributed by atoms with Gasteiger partial charge < -0.3 is 4.74 Å². The van der Waals surface area contributed by atoms with Crippen LogP contribution in [0.3, 0.4) is 0 Å². The van der Waals surface area contributed by atoms with E-state index in [1.807, 2.05) is 23.6 Å². The molecule has 0 bridgehead atoms. The summed E-state index contributed by atoms with van der Waals surface area (Å²) in [6.07, 6.45) is 0.